The zero-order chi connectivity index (χ0) is 24.5. The van der Waals surface area contributed by atoms with Gasteiger partial charge in [0.05, 0.1) is 35.9 Å². The number of aromatic nitrogens is 3. The molecule has 0 unspecified atom stereocenters. The van der Waals surface area contributed by atoms with E-state index in [1.165, 1.54) is 13.2 Å². The van der Waals surface area contributed by atoms with Crippen molar-refractivity contribution in [2.45, 2.75) is 26.3 Å². The summed E-state index contributed by atoms with van der Waals surface area (Å²) in [4.78, 5) is 19.3. The van der Waals surface area contributed by atoms with Crippen LogP contribution in [0.3, 0.4) is 0 Å². The minimum atomic E-state index is -0.473. The number of carbonyl (C=O) groups excluding carboxylic acids is 1. The van der Waals surface area contributed by atoms with Crippen LogP contribution in [-0.2, 0) is 0 Å². The number of anilines is 1. The van der Waals surface area contributed by atoms with Gasteiger partial charge in [-0.15, -0.1) is 0 Å². The zero-order valence-corrected chi connectivity index (χ0v) is 19.8. The standard InChI is InChI=1S/C26H26FN5O3/c1-16-13-22(31-12-11-19(15-31)29-26(33)35-20-7-5-4-6-8-20)25-28-17(2)24(32(25)30-16)18-9-10-23(34-3)21(27)14-18/h4-10,13-14,19H,11-12,15H2,1-3H3,(H,29,33)/t19-/m1/s1. The number of imidazole rings is 1. The van der Waals surface area contributed by atoms with Crippen LogP contribution >= 0.6 is 0 Å². The maximum absolute atomic E-state index is 14.4. The number of nitrogens with one attached hydrogen (secondary N) is 1. The van der Waals surface area contributed by atoms with Gasteiger partial charge < -0.3 is 19.7 Å². The van der Waals surface area contributed by atoms with Crippen molar-refractivity contribution in [2.75, 3.05) is 25.1 Å². The molecule has 180 valence electrons. The summed E-state index contributed by atoms with van der Waals surface area (Å²) in [6, 6.07) is 15.8. The highest BCUT2D eigenvalue weighted by atomic mass is 19.1. The Kier molecular flexibility index (Phi) is 5.98. The number of benzene rings is 2. The van der Waals surface area contributed by atoms with E-state index in [0.717, 1.165) is 35.7 Å². The van der Waals surface area contributed by atoms with Crippen molar-refractivity contribution in [1.29, 1.82) is 0 Å². The van der Waals surface area contributed by atoms with Gasteiger partial charge in [-0.05, 0) is 56.7 Å². The molecule has 1 amide bonds. The van der Waals surface area contributed by atoms with Crippen LogP contribution in [0.25, 0.3) is 16.9 Å². The smallest absolute Gasteiger partial charge is 0.412 e. The summed E-state index contributed by atoms with van der Waals surface area (Å²) in [5, 5.41) is 7.63. The van der Waals surface area contributed by atoms with Crippen LogP contribution in [0, 0.1) is 19.7 Å². The normalized spacial score (nSPS) is 15.4. The molecule has 1 aliphatic rings. The first kappa shape index (κ1) is 22.6. The van der Waals surface area contributed by atoms with Gasteiger partial charge in [-0.1, -0.05) is 18.2 Å². The van der Waals surface area contributed by atoms with Crippen LogP contribution in [0.1, 0.15) is 17.8 Å². The molecule has 1 atom stereocenters. The molecule has 0 bridgehead atoms. The second-order valence-corrected chi connectivity index (χ2v) is 8.58. The highest BCUT2D eigenvalue weighted by Crippen LogP contribution is 2.32. The van der Waals surface area contributed by atoms with Crippen molar-refractivity contribution in [1.82, 2.24) is 19.9 Å². The molecule has 3 heterocycles. The summed E-state index contributed by atoms with van der Waals surface area (Å²) in [5.74, 6) is 0.246. The Hall–Kier alpha value is -4.14. The van der Waals surface area contributed by atoms with Crippen LogP contribution in [0.4, 0.5) is 14.9 Å². The topological polar surface area (TPSA) is 81.0 Å². The summed E-state index contributed by atoms with van der Waals surface area (Å²) >= 11 is 0. The van der Waals surface area contributed by atoms with Gasteiger partial charge >= 0.3 is 6.09 Å². The van der Waals surface area contributed by atoms with Gasteiger partial charge in [0, 0.05) is 18.7 Å². The van der Waals surface area contributed by atoms with Crippen LogP contribution in [0.2, 0.25) is 0 Å². The van der Waals surface area contributed by atoms with Crippen LogP contribution in [0.15, 0.2) is 54.6 Å². The highest BCUT2D eigenvalue weighted by Gasteiger charge is 2.28. The number of amides is 1. The van der Waals surface area contributed by atoms with E-state index in [-0.39, 0.29) is 11.8 Å². The molecule has 1 aliphatic heterocycles. The molecular formula is C26H26FN5O3. The van der Waals surface area contributed by atoms with Crippen molar-refractivity contribution < 1.29 is 18.7 Å². The maximum Gasteiger partial charge on any atom is 0.412 e. The lowest BCUT2D eigenvalue weighted by Gasteiger charge is -2.20. The Morgan fingerprint density at radius 2 is 1.94 bits per heavy atom. The molecule has 0 aliphatic carbocycles. The van der Waals surface area contributed by atoms with E-state index in [1.54, 1.807) is 28.8 Å². The molecule has 0 radical (unpaired) electrons. The molecule has 35 heavy (non-hydrogen) atoms. The van der Waals surface area contributed by atoms with E-state index in [2.05, 4.69) is 15.3 Å². The fourth-order valence-corrected chi connectivity index (χ4v) is 4.50. The Morgan fingerprint density at radius 1 is 1.14 bits per heavy atom. The Morgan fingerprint density at radius 3 is 2.69 bits per heavy atom. The number of nitrogens with zero attached hydrogens (tertiary/aromatic N) is 4. The number of halogens is 1. The number of carbonyl (C=O) groups is 1. The summed E-state index contributed by atoms with van der Waals surface area (Å²) < 4.78 is 26.6. The predicted molar refractivity (Wildman–Crippen MR) is 131 cm³/mol. The van der Waals surface area contributed by atoms with Gasteiger partial charge in [0.2, 0.25) is 0 Å². The van der Waals surface area contributed by atoms with E-state index in [4.69, 9.17) is 14.5 Å². The third-order valence-corrected chi connectivity index (χ3v) is 6.09. The first-order valence-corrected chi connectivity index (χ1v) is 11.4. The van der Waals surface area contributed by atoms with Crippen LogP contribution < -0.4 is 19.7 Å². The van der Waals surface area contributed by atoms with Gasteiger partial charge in [-0.3, -0.25) is 0 Å². The Bertz CT molecular complexity index is 1390. The van der Waals surface area contributed by atoms with E-state index in [1.807, 2.05) is 38.1 Å². The third-order valence-electron chi connectivity index (χ3n) is 6.09. The van der Waals surface area contributed by atoms with Crippen molar-refractivity contribution in [3.8, 4) is 22.8 Å². The number of methoxy groups -OCH3 is 1. The summed E-state index contributed by atoms with van der Waals surface area (Å²) in [6.07, 6.45) is 0.299. The van der Waals surface area contributed by atoms with E-state index in [0.29, 0.717) is 23.5 Å². The average Bonchev–Trinajstić information content (AvgIpc) is 3.42. The summed E-state index contributed by atoms with van der Waals surface area (Å²) in [6.45, 7) is 5.16. The lowest BCUT2D eigenvalue weighted by Crippen LogP contribution is -2.38. The average molecular weight is 476 g/mol. The largest absolute Gasteiger partial charge is 0.494 e. The summed E-state index contributed by atoms with van der Waals surface area (Å²) in [5.41, 5.74) is 4.55. The first-order valence-electron chi connectivity index (χ1n) is 11.4. The molecule has 1 N–H and O–H groups in total. The monoisotopic (exact) mass is 475 g/mol. The first-order chi connectivity index (χ1) is 16.9. The lowest BCUT2D eigenvalue weighted by molar-refractivity contribution is 0.197. The summed E-state index contributed by atoms with van der Waals surface area (Å²) in [7, 11) is 1.44. The lowest BCUT2D eigenvalue weighted by atomic mass is 10.1. The number of para-hydroxylation sites is 1. The van der Waals surface area contributed by atoms with E-state index in [9.17, 15) is 9.18 Å². The Balaban J connectivity index is 1.40. The number of hydrogen-bond acceptors (Lipinski definition) is 6. The fraction of sp³-hybridized carbons (Fsp3) is 0.269. The molecule has 8 nitrogen and oxygen atoms in total. The second-order valence-electron chi connectivity index (χ2n) is 8.58. The number of fused-ring (bicyclic) bond motifs is 1. The molecule has 5 rings (SSSR count). The van der Waals surface area contributed by atoms with Crippen molar-refractivity contribution in [3.63, 3.8) is 0 Å². The van der Waals surface area contributed by atoms with Gasteiger partial charge in [-0.25, -0.2) is 18.7 Å². The van der Waals surface area contributed by atoms with Gasteiger partial charge in [0.15, 0.2) is 17.2 Å². The van der Waals surface area contributed by atoms with Crippen molar-refractivity contribution in [2.24, 2.45) is 0 Å². The molecule has 9 heteroatoms. The SMILES string of the molecule is COc1ccc(-c2c(C)nc3c(N4CC[C@@H](NC(=O)Oc5ccccc5)C4)cc(C)nn23)cc1F. The minimum Gasteiger partial charge on any atom is -0.494 e. The molecular weight excluding hydrogens is 449 g/mol. The Labute approximate surface area is 202 Å². The molecule has 0 saturated carbocycles. The van der Waals surface area contributed by atoms with E-state index < -0.39 is 11.9 Å². The number of ether oxygens (including phenoxy) is 2. The highest BCUT2D eigenvalue weighted by molar-refractivity contribution is 5.76. The molecule has 1 fully saturated rings. The van der Waals surface area contributed by atoms with Crippen molar-refractivity contribution >= 4 is 17.4 Å². The van der Waals surface area contributed by atoms with Gasteiger partial charge in [-0.2, -0.15) is 5.10 Å². The third kappa shape index (κ3) is 4.49. The number of aryl methyl sites for hydroxylation is 2. The van der Waals surface area contributed by atoms with Crippen LogP contribution in [0.5, 0.6) is 11.5 Å². The fourth-order valence-electron chi connectivity index (χ4n) is 4.50. The quantitative estimate of drug-likeness (QED) is 0.457. The number of rotatable bonds is 5. The number of hydrogen-bond donors (Lipinski definition) is 1. The van der Waals surface area contributed by atoms with Gasteiger partial charge in [0.1, 0.15) is 5.75 Å². The molecule has 4 aromatic rings. The van der Waals surface area contributed by atoms with Crippen LogP contribution in [-0.4, -0.2) is 46.9 Å². The van der Waals surface area contributed by atoms with Crippen molar-refractivity contribution in [3.05, 3.63) is 71.8 Å². The minimum absolute atomic E-state index is 0.0639. The predicted octanol–water partition coefficient (Wildman–Crippen LogP) is 4.53. The maximum atomic E-state index is 14.4. The molecule has 0 spiro atoms. The molecule has 2 aromatic heterocycles. The second kappa shape index (κ2) is 9.25. The van der Waals surface area contributed by atoms with E-state index >= 15 is 0 Å². The van der Waals surface area contributed by atoms with Gasteiger partial charge in [0.25, 0.3) is 0 Å². The zero-order valence-electron chi connectivity index (χ0n) is 19.8. The molecule has 1 saturated heterocycles. The molecule has 2 aromatic carbocycles.